The van der Waals surface area contributed by atoms with Gasteiger partial charge in [-0.1, -0.05) is 19.9 Å². The maximum Gasteiger partial charge on any atom is 0.168 e. The summed E-state index contributed by atoms with van der Waals surface area (Å²) in [5.41, 5.74) is 1.64. The van der Waals surface area contributed by atoms with Gasteiger partial charge >= 0.3 is 0 Å². The largest absolute Gasteiger partial charge is 0.373 e. The second-order valence-electron chi connectivity index (χ2n) is 4.95. The Labute approximate surface area is 117 Å². The van der Waals surface area contributed by atoms with Crippen LogP contribution >= 0.6 is 0 Å². The molecule has 0 saturated carbocycles. The molecule has 0 aliphatic heterocycles. The Morgan fingerprint density at radius 2 is 1.80 bits per heavy atom. The minimum Gasteiger partial charge on any atom is -0.373 e. The van der Waals surface area contributed by atoms with Gasteiger partial charge in [0.25, 0.3) is 0 Å². The van der Waals surface area contributed by atoms with Gasteiger partial charge in [0.15, 0.2) is 11.6 Å². The summed E-state index contributed by atoms with van der Waals surface area (Å²) in [7, 11) is 1.74. The van der Waals surface area contributed by atoms with Crippen LogP contribution in [0.2, 0.25) is 0 Å². The number of hydrogen-bond acceptors (Lipinski definition) is 3. The zero-order chi connectivity index (χ0) is 14.9. The highest BCUT2D eigenvalue weighted by Crippen LogP contribution is 2.34. The number of anilines is 1. The quantitative estimate of drug-likeness (QED) is 0.924. The Kier molecular flexibility index (Phi) is 3.97. The molecule has 1 N–H and O–H groups in total. The fraction of sp³-hybridized carbons (Fsp3) is 0.333. The molecular formula is C15H17F2N3. The van der Waals surface area contributed by atoms with Crippen molar-refractivity contribution < 1.29 is 8.78 Å². The van der Waals surface area contributed by atoms with Gasteiger partial charge in [-0.15, -0.1) is 0 Å². The molecule has 0 spiro atoms. The summed E-state index contributed by atoms with van der Waals surface area (Å²) in [5.74, 6) is -0.989. The van der Waals surface area contributed by atoms with Crippen LogP contribution in [0.15, 0.2) is 18.5 Å². The van der Waals surface area contributed by atoms with Crippen molar-refractivity contribution in [2.75, 3.05) is 12.4 Å². The van der Waals surface area contributed by atoms with Crippen LogP contribution in [-0.2, 0) is 0 Å². The number of nitrogens with zero attached hydrogens (tertiary/aromatic N) is 2. The highest BCUT2D eigenvalue weighted by atomic mass is 19.2. The highest BCUT2D eigenvalue weighted by Gasteiger charge is 2.20. The molecule has 0 saturated heterocycles. The van der Waals surface area contributed by atoms with Crippen LogP contribution < -0.4 is 5.32 Å². The van der Waals surface area contributed by atoms with Crippen LogP contribution in [0.1, 0.15) is 30.9 Å². The van der Waals surface area contributed by atoms with Gasteiger partial charge in [0.1, 0.15) is 12.1 Å². The van der Waals surface area contributed by atoms with E-state index < -0.39 is 11.6 Å². The summed E-state index contributed by atoms with van der Waals surface area (Å²) >= 11 is 0. The van der Waals surface area contributed by atoms with Crippen LogP contribution in [0.4, 0.5) is 14.6 Å². The average Bonchev–Trinajstić information content (AvgIpc) is 2.44. The Hall–Kier alpha value is -2.04. The van der Waals surface area contributed by atoms with Crippen molar-refractivity contribution in [1.82, 2.24) is 9.97 Å². The summed E-state index contributed by atoms with van der Waals surface area (Å²) in [5, 5.41) is 2.97. The van der Waals surface area contributed by atoms with Crippen molar-refractivity contribution in [1.29, 1.82) is 0 Å². The molecule has 1 aromatic heterocycles. The van der Waals surface area contributed by atoms with Crippen molar-refractivity contribution >= 4 is 5.82 Å². The number of hydrogen-bond donors (Lipinski definition) is 1. The lowest BCUT2D eigenvalue weighted by Crippen LogP contribution is -2.06. The van der Waals surface area contributed by atoms with Gasteiger partial charge in [-0.05, 0) is 24.5 Å². The average molecular weight is 277 g/mol. The monoisotopic (exact) mass is 277 g/mol. The van der Waals surface area contributed by atoms with E-state index in [9.17, 15) is 8.78 Å². The van der Waals surface area contributed by atoms with E-state index in [2.05, 4.69) is 15.3 Å². The van der Waals surface area contributed by atoms with Crippen LogP contribution in [0.25, 0.3) is 11.3 Å². The molecule has 20 heavy (non-hydrogen) atoms. The van der Waals surface area contributed by atoms with E-state index in [1.54, 1.807) is 19.2 Å². The SMILES string of the molecule is CNc1ncnc(-c2ccc(C)c(F)c2F)c1C(C)C. The first-order valence-corrected chi connectivity index (χ1v) is 6.45. The first kappa shape index (κ1) is 14.4. The molecule has 0 bridgehead atoms. The zero-order valence-corrected chi connectivity index (χ0v) is 12.0. The van der Waals surface area contributed by atoms with Crippen molar-refractivity contribution in [3.63, 3.8) is 0 Å². The number of aromatic nitrogens is 2. The van der Waals surface area contributed by atoms with Crippen molar-refractivity contribution in [2.24, 2.45) is 0 Å². The molecule has 0 aliphatic rings. The maximum absolute atomic E-state index is 14.2. The molecule has 1 aromatic carbocycles. The van der Waals surface area contributed by atoms with Gasteiger partial charge in [-0.2, -0.15) is 0 Å². The van der Waals surface area contributed by atoms with E-state index in [1.807, 2.05) is 13.8 Å². The van der Waals surface area contributed by atoms with Crippen molar-refractivity contribution in [3.05, 3.63) is 41.2 Å². The molecule has 0 atom stereocenters. The Bertz CT molecular complexity index is 639. The molecular weight excluding hydrogens is 260 g/mol. The predicted molar refractivity (Wildman–Crippen MR) is 75.8 cm³/mol. The summed E-state index contributed by atoms with van der Waals surface area (Å²) in [6.45, 7) is 5.46. The number of nitrogens with one attached hydrogen (secondary N) is 1. The number of halogens is 2. The predicted octanol–water partition coefficient (Wildman–Crippen LogP) is 3.90. The smallest absolute Gasteiger partial charge is 0.168 e. The lowest BCUT2D eigenvalue weighted by Gasteiger charge is -2.16. The summed E-state index contributed by atoms with van der Waals surface area (Å²) < 4.78 is 27.9. The van der Waals surface area contributed by atoms with Gasteiger partial charge in [0.2, 0.25) is 0 Å². The van der Waals surface area contributed by atoms with E-state index in [1.165, 1.54) is 13.3 Å². The molecule has 0 aliphatic carbocycles. The van der Waals surface area contributed by atoms with E-state index in [0.717, 1.165) is 5.56 Å². The van der Waals surface area contributed by atoms with Gasteiger partial charge in [0.05, 0.1) is 5.69 Å². The summed E-state index contributed by atoms with van der Waals surface area (Å²) in [4.78, 5) is 8.29. The van der Waals surface area contributed by atoms with Crippen LogP contribution in [0.3, 0.4) is 0 Å². The second-order valence-corrected chi connectivity index (χ2v) is 4.95. The first-order valence-electron chi connectivity index (χ1n) is 6.45. The van der Waals surface area contributed by atoms with Crippen molar-refractivity contribution in [2.45, 2.75) is 26.7 Å². The third kappa shape index (κ3) is 2.35. The fourth-order valence-corrected chi connectivity index (χ4v) is 2.19. The first-order chi connectivity index (χ1) is 9.47. The lowest BCUT2D eigenvalue weighted by atomic mass is 9.96. The molecule has 2 aromatic rings. The molecule has 0 unspecified atom stereocenters. The van der Waals surface area contributed by atoms with Gasteiger partial charge < -0.3 is 5.32 Å². The van der Waals surface area contributed by atoms with Crippen LogP contribution in [0.5, 0.6) is 0 Å². The number of aryl methyl sites for hydroxylation is 1. The summed E-state index contributed by atoms with van der Waals surface area (Å²) in [6.07, 6.45) is 1.35. The van der Waals surface area contributed by atoms with E-state index in [-0.39, 0.29) is 17.0 Å². The fourth-order valence-electron chi connectivity index (χ4n) is 2.19. The molecule has 0 amide bonds. The Morgan fingerprint density at radius 1 is 1.10 bits per heavy atom. The van der Waals surface area contributed by atoms with Gasteiger partial charge in [-0.25, -0.2) is 18.7 Å². The van der Waals surface area contributed by atoms with E-state index in [4.69, 9.17) is 0 Å². The molecule has 3 nitrogen and oxygen atoms in total. The third-order valence-electron chi connectivity index (χ3n) is 3.23. The Balaban J connectivity index is 2.73. The van der Waals surface area contributed by atoms with Gasteiger partial charge in [0, 0.05) is 18.2 Å². The Morgan fingerprint density at radius 3 is 2.40 bits per heavy atom. The molecule has 106 valence electrons. The molecule has 2 rings (SSSR count). The maximum atomic E-state index is 14.2. The van der Waals surface area contributed by atoms with E-state index >= 15 is 0 Å². The van der Waals surface area contributed by atoms with Gasteiger partial charge in [-0.3, -0.25) is 0 Å². The molecule has 5 heteroatoms. The minimum atomic E-state index is -0.868. The number of rotatable bonds is 3. The van der Waals surface area contributed by atoms with Crippen LogP contribution in [-0.4, -0.2) is 17.0 Å². The molecule has 0 radical (unpaired) electrons. The lowest BCUT2D eigenvalue weighted by molar-refractivity contribution is 0.505. The molecule has 1 heterocycles. The number of benzene rings is 1. The standard InChI is InChI=1S/C15H17F2N3/c1-8(2)11-14(19-7-20-15(11)18-4)10-6-5-9(3)12(16)13(10)17/h5-8H,1-4H3,(H,18,19,20). The van der Waals surface area contributed by atoms with Crippen LogP contribution in [0, 0.1) is 18.6 Å². The normalized spacial score (nSPS) is 10.9. The zero-order valence-electron chi connectivity index (χ0n) is 12.0. The molecule has 0 fully saturated rings. The minimum absolute atomic E-state index is 0.0809. The third-order valence-corrected chi connectivity index (χ3v) is 3.23. The second kappa shape index (κ2) is 5.53. The summed E-state index contributed by atoms with van der Waals surface area (Å²) in [6, 6.07) is 3.11. The topological polar surface area (TPSA) is 37.8 Å². The van der Waals surface area contributed by atoms with Crippen molar-refractivity contribution in [3.8, 4) is 11.3 Å². The van der Waals surface area contributed by atoms with E-state index in [0.29, 0.717) is 11.5 Å². The highest BCUT2D eigenvalue weighted by molar-refractivity contribution is 5.70.